The van der Waals surface area contributed by atoms with Crippen LogP contribution in [0.1, 0.15) is 10.4 Å². The van der Waals surface area contributed by atoms with Gasteiger partial charge in [0.15, 0.2) is 0 Å². The molecule has 0 bridgehead atoms. The number of halogens is 6. The van der Waals surface area contributed by atoms with Crippen molar-refractivity contribution in [3.8, 4) is 0 Å². The second-order valence-corrected chi connectivity index (χ2v) is 4.83. The molecule has 4 nitrogen and oxygen atoms in total. The molecule has 1 amide bonds. The van der Waals surface area contributed by atoms with Crippen LogP contribution in [0.3, 0.4) is 0 Å². The van der Waals surface area contributed by atoms with E-state index in [0.717, 1.165) is 0 Å². The third kappa shape index (κ3) is 4.96. The molecule has 0 aromatic heterocycles. The zero-order valence-electron chi connectivity index (χ0n) is 10.0. The van der Waals surface area contributed by atoms with Crippen LogP contribution in [0.25, 0.3) is 0 Å². The van der Waals surface area contributed by atoms with Gasteiger partial charge < -0.3 is 10.0 Å². The highest BCUT2D eigenvalue weighted by Crippen LogP contribution is 2.23. The predicted octanol–water partition coefficient (Wildman–Crippen LogP) is 2.82. The first-order valence-corrected chi connectivity index (χ1v) is 6.03. The summed E-state index contributed by atoms with van der Waals surface area (Å²) in [5.41, 5.74) is -1.25. The maximum absolute atomic E-state index is 13.5. The molecule has 1 rings (SSSR count). The minimum Gasteiger partial charge on any atom is -0.480 e. The number of carboxylic acids is 1. The average molecular weight is 376 g/mol. The summed E-state index contributed by atoms with van der Waals surface area (Å²) in [4.78, 5) is 22.1. The lowest BCUT2D eigenvalue weighted by molar-refractivity contribution is -0.149. The Balaban J connectivity index is 3.19. The van der Waals surface area contributed by atoms with E-state index in [9.17, 15) is 31.5 Å². The van der Waals surface area contributed by atoms with Crippen molar-refractivity contribution in [1.82, 2.24) is 4.90 Å². The number of amides is 1. The van der Waals surface area contributed by atoms with E-state index in [2.05, 4.69) is 15.9 Å². The molecule has 1 aromatic rings. The maximum Gasteiger partial charge on any atom is 0.406 e. The van der Waals surface area contributed by atoms with Crippen LogP contribution in [0.5, 0.6) is 0 Å². The molecule has 0 atom stereocenters. The Kier molecular flexibility index (Phi) is 5.26. The number of benzene rings is 1. The molecule has 0 aliphatic heterocycles. The minimum absolute atomic E-state index is 0.0605. The van der Waals surface area contributed by atoms with Gasteiger partial charge in [0.2, 0.25) is 0 Å². The van der Waals surface area contributed by atoms with Gasteiger partial charge in [-0.05, 0) is 12.1 Å². The van der Waals surface area contributed by atoms with Gasteiger partial charge in [0.05, 0.1) is 0 Å². The molecule has 116 valence electrons. The summed E-state index contributed by atoms with van der Waals surface area (Å²) in [6.45, 7) is -3.28. The van der Waals surface area contributed by atoms with Gasteiger partial charge in [0.1, 0.15) is 30.3 Å². The van der Waals surface area contributed by atoms with E-state index in [1.165, 1.54) is 0 Å². The minimum atomic E-state index is -4.91. The Morgan fingerprint density at radius 1 is 1.19 bits per heavy atom. The number of nitrogens with zero attached hydrogens (tertiary/aromatic N) is 1. The molecule has 0 unspecified atom stereocenters. The number of carboxylic acid groups (broad SMARTS) is 1. The van der Waals surface area contributed by atoms with Crippen LogP contribution < -0.4 is 0 Å². The molecule has 0 aliphatic carbocycles. The molecular formula is C11H7BrF5NO3. The van der Waals surface area contributed by atoms with E-state index in [0.29, 0.717) is 12.1 Å². The molecule has 0 spiro atoms. The van der Waals surface area contributed by atoms with Gasteiger partial charge in [-0.25, -0.2) is 8.78 Å². The fourth-order valence-electron chi connectivity index (χ4n) is 1.48. The lowest BCUT2D eigenvalue weighted by Crippen LogP contribution is -2.42. The van der Waals surface area contributed by atoms with E-state index in [4.69, 9.17) is 5.11 Å². The molecule has 1 N–H and O–H groups in total. The normalized spacial score (nSPS) is 11.3. The van der Waals surface area contributed by atoms with E-state index < -0.39 is 48.3 Å². The second kappa shape index (κ2) is 6.37. The number of aliphatic carboxylic acids is 1. The summed E-state index contributed by atoms with van der Waals surface area (Å²) in [6.07, 6.45) is -4.91. The van der Waals surface area contributed by atoms with Gasteiger partial charge in [-0.2, -0.15) is 13.2 Å². The van der Waals surface area contributed by atoms with E-state index in [1.54, 1.807) is 0 Å². The molecule has 10 heteroatoms. The summed E-state index contributed by atoms with van der Waals surface area (Å²) in [5.74, 6) is -6.24. The first kappa shape index (κ1) is 17.3. The number of hydrogen-bond donors (Lipinski definition) is 1. The van der Waals surface area contributed by atoms with Crippen molar-refractivity contribution < 1.29 is 36.6 Å². The Bertz CT molecular complexity index is 552. The number of carbonyl (C=O) groups is 2. The predicted molar refractivity (Wildman–Crippen MR) is 63.7 cm³/mol. The van der Waals surface area contributed by atoms with Gasteiger partial charge in [0, 0.05) is 4.47 Å². The lowest BCUT2D eigenvalue weighted by atomic mass is 10.1. The SMILES string of the molecule is O=C(O)CN(CC(F)(F)F)C(=O)c1c(F)cc(Br)cc1F. The number of carbonyl (C=O) groups excluding carboxylic acids is 1. The lowest BCUT2D eigenvalue weighted by Gasteiger charge is -2.22. The van der Waals surface area contributed by atoms with Gasteiger partial charge in [-0.3, -0.25) is 9.59 Å². The van der Waals surface area contributed by atoms with Crippen molar-refractivity contribution in [2.75, 3.05) is 13.1 Å². The van der Waals surface area contributed by atoms with Crippen molar-refractivity contribution in [1.29, 1.82) is 0 Å². The molecule has 1 aromatic carbocycles. The first-order valence-electron chi connectivity index (χ1n) is 5.23. The van der Waals surface area contributed by atoms with E-state index >= 15 is 0 Å². The third-order valence-corrected chi connectivity index (χ3v) is 2.66. The number of hydrogen-bond acceptors (Lipinski definition) is 2. The monoisotopic (exact) mass is 375 g/mol. The molecule has 0 fully saturated rings. The zero-order valence-corrected chi connectivity index (χ0v) is 11.6. The van der Waals surface area contributed by atoms with Gasteiger partial charge >= 0.3 is 12.1 Å². The van der Waals surface area contributed by atoms with Crippen molar-refractivity contribution in [2.24, 2.45) is 0 Å². The summed E-state index contributed by atoms with van der Waals surface area (Å²) in [5, 5.41) is 8.50. The second-order valence-electron chi connectivity index (χ2n) is 3.91. The van der Waals surface area contributed by atoms with Crippen molar-refractivity contribution in [3.05, 3.63) is 33.8 Å². The standard InChI is InChI=1S/C11H7BrF5NO3/c12-5-1-6(13)9(7(14)2-5)10(21)18(3-8(19)20)4-11(15,16)17/h1-2H,3-4H2,(H,19,20). The fourth-order valence-corrected chi connectivity index (χ4v) is 1.89. The highest BCUT2D eigenvalue weighted by atomic mass is 79.9. The fraction of sp³-hybridized carbons (Fsp3) is 0.273. The van der Waals surface area contributed by atoms with Crippen LogP contribution in [0, 0.1) is 11.6 Å². The summed E-state index contributed by atoms with van der Waals surface area (Å²) >= 11 is 2.74. The average Bonchev–Trinajstić information content (AvgIpc) is 2.23. The smallest absolute Gasteiger partial charge is 0.406 e. The van der Waals surface area contributed by atoms with Gasteiger partial charge in [-0.15, -0.1) is 0 Å². The molecular weight excluding hydrogens is 369 g/mol. The van der Waals surface area contributed by atoms with Crippen LogP contribution in [-0.2, 0) is 4.79 Å². The Hall–Kier alpha value is -1.71. The first-order chi connectivity index (χ1) is 9.51. The van der Waals surface area contributed by atoms with Crippen molar-refractivity contribution >= 4 is 27.8 Å². The zero-order chi connectivity index (χ0) is 16.4. The largest absolute Gasteiger partial charge is 0.480 e. The summed E-state index contributed by atoms with van der Waals surface area (Å²) < 4.78 is 64.0. The summed E-state index contributed by atoms with van der Waals surface area (Å²) in [6, 6.07) is 1.37. The van der Waals surface area contributed by atoms with Crippen LogP contribution in [-0.4, -0.2) is 41.1 Å². The molecule has 0 radical (unpaired) electrons. The highest BCUT2D eigenvalue weighted by Gasteiger charge is 2.36. The van der Waals surface area contributed by atoms with Crippen LogP contribution in [0.4, 0.5) is 22.0 Å². The Morgan fingerprint density at radius 3 is 2.05 bits per heavy atom. The molecule has 0 saturated carbocycles. The number of alkyl halides is 3. The van der Waals surface area contributed by atoms with E-state index in [-0.39, 0.29) is 9.37 Å². The van der Waals surface area contributed by atoms with Crippen molar-refractivity contribution in [2.45, 2.75) is 6.18 Å². The Morgan fingerprint density at radius 2 is 1.67 bits per heavy atom. The molecule has 0 aliphatic rings. The maximum atomic E-state index is 13.5. The van der Waals surface area contributed by atoms with Crippen LogP contribution in [0.15, 0.2) is 16.6 Å². The van der Waals surface area contributed by atoms with E-state index in [1.807, 2.05) is 0 Å². The summed E-state index contributed by atoms with van der Waals surface area (Å²) in [7, 11) is 0. The highest BCUT2D eigenvalue weighted by molar-refractivity contribution is 9.10. The van der Waals surface area contributed by atoms with Crippen LogP contribution in [0.2, 0.25) is 0 Å². The molecule has 0 heterocycles. The van der Waals surface area contributed by atoms with Gasteiger partial charge in [-0.1, -0.05) is 15.9 Å². The van der Waals surface area contributed by atoms with Crippen LogP contribution >= 0.6 is 15.9 Å². The Labute approximate surface area is 123 Å². The molecule has 21 heavy (non-hydrogen) atoms. The topological polar surface area (TPSA) is 57.6 Å². The third-order valence-electron chi connectivity index (χ3n) is 2.20. The van der Waals surface area contributed by atoms with Gasteiger partial charge in [0.25, 0.3) is 5.91 Å². The quantitative estimate of drug-likeness (QED) is 0.823. The number of rotatable bonds is 4. The molecule has 0 saturated heterocycles. The van der Waals surface area contributed by atoms with Crippen molar-refractivity contribution in [3.63, 3.8) is 0 Å².